The van der Waals surface area contributed by atoms with Crippen molar-refractivity contribution < 1.29 is 18.7 Å². The lowest BCUT2D eigenvalue weighted by Crippen LogP contribution is -2.09. The van der Waals surface area contributed by atoms with Gasteiger partial charge in [-0.15, -0.1) is 0 Å². The molecular formula is C29H21BrO5. The highest BCUT2D eigenvalue weighted by atomic mass is 79.9. The van der Waals surface area contributed by atoms with E-state index in [2.05, 4.69) is 40.2 Å². The summed E-state index contributed by atoms with van der Waals surface area (Å²) in [4.78, 5) is 25.4. The number of rotatable bonds is 6. The Morgan fingerprint density at radius 1 is 0.914 bits per heavy atom. The Hall–Kier alpha value is -3.90. The standard InChI is InChI=1S/C29H21BrO5/c1-2-33-29(32)25-15-22(30)14-24-26(31)16-27(35-28(24)25)21-8-5-9-23(13-21)34-17-18-10-11-19-6-3-4-7-20(19)12-18/h3-16H,2,17H2,1H3. The number of halogens is 1. The van der Waals surface area contributed by atoms with Crippen molar-refractivity contribution >= 4 is 43.6 Å². The highest BCUT2D eigenvalue weighted by Gasteiger charge is 2.18. The van der Waals surface area contributed by atoms with Gasteiger partial charge in [0.2, 0.25) is 0 Å². The number of fused-ring (bicyclic) bond motifs is 2. The average Bonchev–Trinajstić information content (AvgIpc) is 2.87. The van der Waals surface area contributed by atoms with Crippen LogP contribution >= 0.6 is 15.9 Å². The van der Waals surface area contributed by atoms with Gasteiger partial charge in [0.05, 0.1) is 12.0 Å². The molecule has 0 aliphatic heterocycles. The highest BCUT2D eigenvalue weighted by Crippen LogP contribution is 2.30. The highest BCUT2D eigenvalue weighted by molar-refractivity contribution is 9.10. The quantitative estimate of drug-likeness (QED) is 0.219. The SMILES string of the molecule is CCOC(=O)c1cc(Br)cc2c(=O)cc(-c3cccc(OCc4ccc5ccccc5c4)c3)oc12. The summed E-state index contributed by atoms with van der Waals surface area (Å²) in [6.45, 7) is 2.34. The van der Waals surface area contributed by atoms with Gasteiger partial charge in [-0.05, 0) is 53.6 Å². The molecule has 5 rings (SSSR count). The summed E-state index contributed by atoms with van der Waals surface area (Å²) in [6, 6.07) is 26.4. The van der Waals surface area contributed by atoms with Gasteiger partial charge in [0.1, 0.15) is 23.7 Å². The van der Waals surface area contributed by atoms with Crippen LogP contribution in [0, 0.1) is 0 Å². The lowest BCUT2D eigenvalue weighted by atomic mass is 10.1. The van der Waals surface area contributed by atoms with Crippen molar-refractivity contribution in [3.63, 3.8) is 0 Å². The molecule has 4 aromatic carbocycles. The van der Waals surface area contributed by atoms with Gasteiger partial charge in [-0.3, -0.25) is 4.79 Å². The predicted molar refractivity (Wildman–Crippen MR) is 140 cm³/mol. The second-order valence-electron chi connectivity index (χ2n) is 8.02. The molecular weight excluding hydrogens is 508 g/mol. The van der Waals surface area contributed by atoms with Crippen molar-refractivity contribution in [2.45, 2.75) is 13.5 Å². The van der Waals surface area contributed by atoms with Crippen LogP contribution in [0.4, 0.5) is 0 Å². The monoisotopic (exact) mass is 528 g/mol. The van der Waals surface area contributed by atoms with Crippen molar-refractivity contribution in [2.75, 3.05) is 6.61 Å². The zero-order valence-corrected chi connectivity index (χ0v) is 20.5. The van der Waals surface area contributed by atoms with Crippen LogP contribution in [0.3, 0.4) is 0 Å². The Kier molecular flexibility index (Phi) is 6.38. The van der Waals surface area contributed by atoms with Crippen LogP contribution in [-0.2, 0) is 11.3 Å². The van der Waals surface area contributed by atoms with Gasteiger partial charge >= 0.3 is 5.97 Å². The maximum absolute atomic E-state index is 12.9. The number of ether oxygens (including phenoxy) is 2. The van der Waals surface area contributed by atoms with E-state index in [1.54, 1.807) is 19.1 Å². The Morgan fingerprint density at radius 2 is 1.74 bits per heavy atom. The number of esters is 1. The number of carbonyl (C=O) groups is 1. The minimum Gasteiger partial charge on any atom is -0.489 e. The molecule has 35 heavy (non-hydrogen) atoms. The van der Waals surface area contributed by atoms with Gasteiger partial charge in [0.25, 0.3) is 0 Å². The molecule has 0 saturated carbocycles. The zero-order chi connectivity index (χ0) is 24.4. The van der Waals surface area contributed by atoms with Gasteiger partial charge < -0.3 is 13.9 Å². The Morgan fingerprint density at radius 3 is 2.57 bits per heavy atom. The van der Waals surface area contributed by atoms with Crippen molar-refractivity contribution in [1.82, 2.24) is 0 Å². The lowest BCUT2D eigenvalue weighted by Gasteiger charge is -2.10. The van der Waals surface area contributed by atoms with Crippen molar-refractivity contribution in [1.29, 1.82) is 0 Å². The minimum atomic E-state index is -0.549. The molecule has 5 aromatic rings. The van der Waals surface area contributed by atoms with Crippen LogP contribution in [0.25, 0.3) is 33.1 Å². The van der Waals surface area contributed by atoms with Crippen molar-refractivity contribution in [2.24, 2.45) is 0 Å². The van der Waals surface area contributed by atoms with E-state index in [1.807, 2.05) is 42.5 Å². The van der Waals surface area contributed by atoms with Crippen LogP contribution in [0.2, 0.25) is 0 Å². The first-order chi connectivity index (χ1) is 17.0. The first kappa shape index (κ1) is 22.9. The van der Waals surface area contributed by atoms with Gasteiger partial charge in [0.15, 0.2) is 11.0 Å². The van der Waals surface area contributed by atoms with Gasteiger partial charge in [-0.25, -0.2) is 4.79 Å². The molecule has 0 amide bonds. The normalized spacial score (nSPS) is 11.0. The molecule has 174 valence electrons. The number of benzene rings is 4. The fourth-order valence-electron chi connectivity index (χ4n) is 3.96. The summed E-state index contributed by atoms with van der Waals surface area (Å²) in [6.07, 6.45) is 0. The third kappa shape index (κ3) is 4.84. The predicted octanol–water partition coefficient (Wildman–Crippen LogP) is 7.13. The Balaban J connectivity index is 1.47. The van der Waals surface area contributed by atoms with Crippen LogP contribution in [-0.4, -0.2) is 12.6 Å². The molecule has 1 heterocycles. The molecule has 0 bridgehead atoms. The number of hydrogen-bond donors (Lipinski definition) is 0. The molecule has 0 fully saturated rings. The molecule has 5 nitrogen and oxygen atoms in total. The van der Waals surface area contributed by atoms with Crippen molar-refractivity contribution in [3.05, 3.63) is 111 Å². The molecule has 0 N–H and O–H groups in total. The Bertz CT molecular complexity index is 1620. The smallest absolute Gasteiger partial charge is 0.341 e. The van der Waals surface area contributed by atoms with Crippen LogP contribution in [0.15, 0.2) is 98.6 Å². The summed E-state index contributed by atoms with van der Waals surface area (Å²) in [5, 5.41) is 2.64. The largest absolute Gasteiger partial charge is 0.489 e. The molecule has 0 aliphatic rings. The van der Waals surface area contributed by atoms with E-state index in [0.29, 0.717) is 33.5 Å². The molecule has 0 aliphatic carbocycles. The minimum absolute atomic E-state index is 0.191. The van der Waals surface area contributed by atoms with E-state index in [-0.39, 0.29) is 23.2 Å². The Labute approximate surface area is 210 Å². The molecule has 0 saturated heterocycles. The summed E-state index contributed by atoms with van der Waals surface area (Å²) < 4.78 is 17.9. The van der Waals surface area contributed by atoms with Crippen LogP contribution < -0.4 is 10.2 Å². The zero-order valence-electron chi connectivity index (χ0n) is 18.9. The van der Waals surface area contributed by atoms with E-state index in [0.717, 1.165) is 10.9 Å². The molecule has 0 spiro atoms. The van der Waals surface area contributed by atoms with E-state index >= 15 is 0 Å². The first-order valence-electron chi connectivity index (χ1n) is 11.2. The fourth-order valence-corrected chi connectivity index (χ4v) is 4.42. The van der Waals surface area contributed by atoms with Crippen LogP contribution in [0.5, 0.6) is 5.75 Å². The fraction of sp³-hybridized carbons (Fsp3) is 0.103. The molecule has 1 aromatic heterocycles. The maximum atomic E-state index is 12.9. The summed E-state index contributed by atoms with van der Waals surface area (Å²) in [7, 11) is 0. The van der Waals surface area contributed by atoms with Crippen LogP contribution in [0.1, 0.15) is 22.8 Å². The number of hydrogen-bond acceptors (Lipinski definition) is 5. The van der Waals surface area contributed by atoms with Gasteiger partial charge in [-0.1, -0.05) is 64.5 Å². The topological polar surface area (TPSA) is 65.7 Å². The molecule has 0 atom stereocenters. The van der Waals surface area contributed by atoms with E-state index in [1.165, 1.54) is 11.5 Å². The van der Waals surface area contributed by atoms with Gasteiger partial charge in [0, 0.05) is 16.1 Å². The van der Waals surface area contributed by atoms with Crippen molar-refractivity contribution in [3.8, 4) is 17.1 Å². The van der Waals surface area contributed by atoms with Gasteiger partial charge in [-0.2, -0.15) is 0 Å². The first-order valence-corrected chi connectivity index (χ1v) is 12.0. The average molecular weight is 529 g/mol. The molecule has 0 unspecified atom stereocenters. The molecule has 0 radical (unpaired) electrons. The third-order valence-electron chi connectivity index (χ3n) is 5.63. The summed E-state index contributed by atoms with van der Waals surface area (Å²) in [5.74, 6) is 0.429. The second-order valence-corrected chi connectivity index (χ2v) is 8.94. The maximum Gasteiger partial charge on any atom is 0.341 e. The van der Waals surface area contributed by atoms with E-state index in [9.17, 15) is 9.59 Å². The summed E-state index contributed by atoms with van der Waals surface area (Å²) in [5.41, 5.74) is 1.85. The van der Waals surface area contributed by atoms with E-state index in [4.69, 9.17) is 13.9 Å². The third-order valence-corrected chi connectivity index (χ3v) is 6.08. The molecule has 6 heteroatoms. The lowest BCUT2D eigenvalue weighted by molar-refractivity contribution is 0.0527. The second kappa shape index (κ2) is 9.76. The summed E-state index contributed by atoms with van der Waals surface area (Å²) >= 11 is 3.35. The number of carbonyl (C=O) groups excluding carboxylic acids is 1. The van der Waals surface area contributed by atoms with E-state index < -0.39 is 5.97 Å².